The quantitative estimate of drug-likeness (QED) is 0.320. The van der Waals surface area contributed by atoms with Crippen LogP contribution in [0.15, 0.2) is 36.4 Å². The monoisotopic (exact) mass is 631 g/mol. The Labute approximate surface area is 258 Å². The minimum absolute atomic E-state index is 0.000525. The second-order valence-electron chi connectivity index (χ2n) is 10.5. The first-order valence-corrected chi connectivity index (χ1v) is 17.0. The van der Waals surface area contributed by atoms with Gasteiger partial charge < -0.3 is 33.6 Å². The van der Waals surface area contributed by atoms with Crippen LogP contribution in [0.1, 0.15) is 56.9 Å². The Hall–Kier alpha value is -3.54. The Morgan fingerprint density at radius 3 is 2.18 bits per heavy atom. The van der Waals surface area contributed by atoms with Gasteiger partial charge in [0.1, 0.15) is 17.8 Å². The summed E-state index contributed by atoms with van der Waals surface area (Å²) in [6.45, 7) is 6.45. The molecule has 44 heavy (non-hydrogen) atoms. The largest absolute Gasteiger partial charge is 0.474 e. The summed E-state index contributed by atoms with van der Waals surface area (Å²) in [5, 5.41) is 2.74. The molecule has 0 bridgehead atoms. The van der Waals surface area contributed by atoms with Crippen molar-refractivity contribution in [2.24, 2.45) is 0 Å². The maximum absolute atomic E-state index is 13.8. The second-order valence-corrected chi connectivity index (χ2v) is 12.6. The SMILES string of the molecule is CCOC(=O)N1CCN(C(=O)C(CP(=O)(OCC)OCC)NC(=O)c2cc(OC3CCCC3)nc(-c3ccccc3)n2)CC1. The molecule has 0 spiro atoms. The van der Waals surface area contributed by atoms with Crippen LogP contribution in [0.2, 0.25) is 0 Å². The van der Waals surface area contributed by atoms with Gasteiger partial charge in [-0.15, -0.1) is 0 Å². The summed E-state index contributed by atoms with van der Waals surface area (Å²) in [7, 11) is -3.76. The molecule has 1 atom stereocenters. The third kappa shape index (κ3) is 8.99. The number of ether oxygens (including phenoxy) is 2. The highest BCUT2D eigenvalue weighted by Gasteiger charge is 2.37. The first-order valence-electron chi connectivity index (χ1n) is 15.3. The van der Waals surface area contributed by atoms with Gasteiger partial charge in [-0.05, 0) is 46.5 Å². The lowest BCUT2D eigenvalue weighted by atomic mass is 10.2. The molecule has 2 aliphatic rings. The van der Waals surface area contributed by atoms with E-state index in [1.54, 1.807) is 20.8 Å². The first-order chi connectivity index (χ1) is 21.2. The number of hydrogen-bond acceptors (Lipinski definition) is 10. The number of amides is 3. The molecule has 1 aromatic carbocycles. The minimum Gasteiger partial charge on any atom is -0.474 e. The number of carbonyl (C=O) groups excluding carboxylic acids is 3. The standard InChI is InChI=1S/C30H42N5O8P/c1-4-40-30(38)35-18-16-34(17-19-35)29(37)25(21-44(39,41-5-2)42-6-3)32-28(36)24-20-26(43-23-14-10-11-15-23)33-27(31-24)22-12-8-7-9-13-22/h7-9,12-13,20,23,25H,4-6,10-11,14-19,21H2,1-3H3,(H,32,36). The van der Waals surface area contributed by atoms with Crippen LogP contribution in [0.3, 0.4) is 0 Å². The molecule has 1 N–H and O–H groups in total. The molecular formula is C30H42N5O8P. The van der Waals surface area contributed by atoms with Gasteiger partial charge in [0.2, 0.25) is 11.8 Å². The third-order valence-electron chi connectivity index (χ3n) is 7.34. The van der Waals surface area contributed by atoms with Crippen molar-refractivity contribution in [3.05, 3.63) is 42.1 Å². The summed E-state index contributed by atoms with van der Waals surface area (Å²) in [5.74, 6) is -0.563. The fraction of sp³-hybridized carbons (Fsp3) is 0.567. The van der Waals surface area contributed by atoms with Gasteiger partial charge in [-0.25, -0.2) is 9.78 Å². The number of aromatic nitrogens is 2. The van der Waals surface area contributed by atoms with E-state index in [1.165, 1.54) is 15.9 Å². The lowest BCUT2D eigenvalue weighted by Crippen LogP contribution is -2.57. The number of piperazine rings is 1. The van der Waals surface area contributed by atoms with E-state index < -0.39 is 31.5 Å². The molecule has 2 heterocycles. The Balaban J connectivity index is 1.59. The van der Waals surface area contributed by atoms with Gasteiger partial charge in [0, 0.05) is 37.8 Å². The van der Waals surface area contributed by atoms with E-state index in [-0.39, 0.29) is 69.8 Å². The van der Waals surface area contributed by atoms with Crippen molar-refractivity contribution in [1.29, 1.82) is 0 Å². The van der Waals surface area contributed by atoms with Crippen molar-refractivity contribution in [3.63, 3.8) is 0 Å². The van der Waals surface area contributed by atoms with Gasteiger partial charge >= 0.3 is 13.7 Å². The maximum atomic E-state index is 13.8. The van der Waals surface area contributed by atoms with Crippen molar-refractivity contribution >= 4 is 25.5 Å². The first kappa shape index (κ1) is 33.4. The predicted octanol–water partition coefficient (Wildman–Crippen LogP) is 4.13. The summed E-state index contributed by atoms with van der Waals surface area (Å²) in [6, 6.07) is 9.43. The van der Waals surface area contributed by atoms with E-state index in [4.69, 9.17) is 18.5 Å². The van der Waals surface area contributed by atoms with Crippen LogP contribution < -0.4 is 10.1 Å². The van der Waals surface area contributed by atoms with Gasteiger partial charge in [-0.3, -0.25) is 14.2 Å². The summed E-state index contributed by atoms with van der Waals surface area (Å²) in [6.07, 6.45) is 3.09. The van der Waals surface area contributed by atoms with E-state index >= 15 is 0 Å². The molecule has 1 saturated heterocycles. The molecule has 3 amide bonds. The molecule has 1 aliphatic carbocycles. The fourth-order valence-corrected chi connectivity index (χ4v) is 6.98. The number of hydrogen-bond donors (Lipinski definition) is 1. The second kappa shape index (κ2) is 16.0. The normalized spacial score (nSPS) is 16.4. The van der Waals surface area contributed by atoms with E-state index in [1.807, 2.05) is 30.3 Å². The number of nitrogens with one attached hydrogen (secondary N) is 1. The van der Waals surface area contributed by atoms with Crippen LogP contribution in [0.25, 0.3) is 11.4 Å². The van der Waals surface area contributed by atoms with Crippen LogP contribution in [0.5, 0.6) is 5.88 Å². The lowest BCUT2D eigenvalue weighted by Gasteiger charge is -2.36. The van der Waals surface area contributed by atoms with E-state index in [9.17, 15) is 18.9 Å². The van der Waals surface area contributed by atoms with Gasteiger partial charge in [-0.1, -0.05) is 30.3 Å². The molecular weight excluding hydrogens is 589 g/mol. The fourth-order valence-electron chi connectivity index (χ4n) is 5.22. The zero-order chi connectivity index (χ0) is 31.5. The zero-order valence-electron chi connectivity index (χ0n) is 25.6. The molecule has 2 fully saturated rings. The van der Waals surface area contributed by atoms with E-state index in [0.717, 1.165) is 25.7 Å². The predicted molar refractivity (Wildman–Crippen MR) is 163 cm³/mol. The van der Waals surface area contributed by atoms with Crippen LogP contribution in [-0.2, 0) is 23.1 Å². The molecule has 13 nitrogen and oxygen atoms in total. The van der Waals surface area contributed by atoms with Crippen molar-refractivity contribution in [3.8, 4) is 17.3 Å². The lowest BCUT2D eigenvalue weighted by molar-refractivity contribution is -0.134. The van der Waals surface area contributed by atoms with Crippen LogP contribution in [0, 0.1) is 0 Å². The number of benzene rings is 1. The topological polar surface area (TPSA) is 149 Å². The van der Waals surface area contributed by atoms with Crippen LogP contribution >= 0.6 is 7.60 Å². The number of rotatable bonds is 13. The molecule has 14 heteroatoms. The van der Waals surface area contributed by atoms with Gasteiger partial charge in [-0.2, -0.15) is 4.98 Å². The van der Waals surface area contributed by atoms with Crippen molar-refractivity contribution in [1.82, 2.24) is 25.1 Å². The van der Waals surface area contributed by atoms with Gasteiger partial charge in [0.05, 0.1) is 26.0 Å². The smallest absolute Gasteiger partial charge is 0.409 e. The van der Waals surface area contributed by atoms with Gasteiger partial charge in [0.15, 0.2) is 5.82 Å². The highest BCUT2D eigenvalue weighted by Crippen LogP contribution is 2.48. The summed E-state index contributed by atoms with van der Waals surface area (Å²) < 4.78 is 35.7. The summed E-state index contributed by atoms with van der Waals surface area (Å²) in [4.78, 5) is 51.9. The Bertz CT molecular complexity index is 1310. The van der Waals surface area contributed by atoms with Crippen molar-refractivity contribution in [2.45, 2.75) is 58.6 Å². The molecule has 0 radical (unpaired) electrons. The highest BCUT2D eigenvalue weighted by atomic mass is 31.2. The molecule has 1 saturated carbocycles. The molecule has 4 rings (SSSR count). The Kier molecular flexibility index (Phi) is 12.1. The van der Waals surface area contributed by atoms with E-state index in [2.05, 4.69) is 15.3 Å². The molecule has 240 valence electrons. The van der Waals surface area contributed by atoms with Crippen LogP contribution in [0.4, 0.5) is 4.79 Å². The number of carbonyl (C=O) groups is 3. The summed E-state index contributed by atoms with van der Waals surface area (Å²) in [5.41, 5.74) is 0.696. The third-order valence-corrected chi connectivity index (χ3v) is 9.45. The molecule has 1 unspecified atom stereocenters. The zero-order valence-corrected chi connectivity index (χ0v) is 26.5. The van der Waals surface area contributed by atoms with E-state index in [0.29, 0.717) is 11.4 Å². The van der Waals surface area contributed by atoms with Crippen molar-refractivity contribution in [2.75, 3.05) is 52.2 Å². The Morgan fingerprint density at radius 1 is 0.932 bits per heavy atom. The molecule has 1 aliphatic heterocycles. The number of nitrogens with zero attached hydrogens (tertiary/aromatic N) is 4. The van der Waals surface area contributed by atoms with Gasteiger partial charge in [0.25, 0.3) is 5.91 Å². The molecule has 2 aromatic rings. The summed E-state index contributed by atoms with van der Waals surface area (Å²) >= 11 is 0. The average Bonchev–Trinajstić information content (AvgIpc) is 3.54. The Morgan fingerprint density at radius 2 is 1.57 bits per heavy atom. The average molecular weight is 632 g/mol. The highest BCUT2D eigenvalue weighted by molar-refractivity contribution is 7.54. The van der Waals surface area contributed by atoms with Crippen molar-refractivity contribution < 1.29 is 37.5 Å². The maximum Gasteiger partial charge on any atom is 0.409 e. The van der Waals surface area contributed by atoms with Crippen LogP contribution in [-0.4, -0.2) is 102 Å². The minimum atomic E-state index is -3.76. The molecule has 1 aromatic heterocycles.